The molecule has 1 N–H and O–H groups in total. The summed E-state index contributed by atoms with van der Waals surface area (Å²) in [7, 11) is 1.26. The predicted molar refractivity (Wildman–Crippen MR) is 128 cm³/mol. The van der Waals surface area contributed by atoms with Crippen LogP contribution in [0.1, 0.15) is 50.5 Å². The number of carbonyl (C=O) groups excluding carboxylic acids is 2. The number of nitrogens with one attached hydrogen (secondary N) is 1. The number of benzene rings is 2. The highest BCUT2D eigenvalue weighted by Crippen LogP contribution is 2.39. The molecule has 0 radical (unpaired) electrons. The minimum atomic E-state index is -4.83. The lowest BCUT2D eigenvalue weighted by molar-refractivity contribution is -0.141. The Hall–Kier alpha value is -3.24. The fourth-order valence-electron chi connectivity index (χ4n) is 4.11. The van der Waals surface area contributed by atoms with Gasteiger partial charge in [0.15, 0.2) is 5.69 Å². The van der Waals surface area contributed by atoms with Crippen LogP contribution in [0.5, 0.6) is 0 Å². The van der Waals surface area contributed by atoms with E-state index in [-0.39, 0.29) is 18.9 Å². The van der Waals surface area contributed by atoms with Crippen molar-refractivity contribution in [1.82, 2.24) is 15.1 Å². The number of aromatic nitrogens is 2. The second-order valence-electron chi connectivity index (χ2n) is 8.28. The Bertz CT molecular complexity index is 1290. The first kappa shape index (κ1) is 25.8. The highest BCUT2D eigenvalue weighted by atomic mass is 35.5. The van der Waals surface area contributed by atoms with Gasteiger partial charge in [0, 0.05) is 23.1 Å². The highest BCUT2D eigenvalue weighted by Gasteiger charge is 2.44. The lowest BCUT2D eigenvalue weighted by Crippen LogP contribution is -2.31. The van der Waals surface area contributed by atoms with Gasteiger partial charge in [-0.25, -0.2) is 9.48 Å². The number of amides is 1. The number of alkyl halides is 3. The highest BCUT2D eigenvalue weighted by molar-refractivity contribution is 6.34. The number of anilines is 1. The van der Waals surface area contributed by atoms with Crippen LogP contribution in [-0.4, -0.2) is 35.3 Å². The van der Waals surface area contributed by atoms with Crippen molar-refractivity contribution in [3.8, 4) is 0 Å². The predicted octanol–water partition coefficient (Wildman–Crippen LogP) is 5.51. The molecule has 0 fully saturated rings. The van der Waals surface area contributed by atoms with Crippen LogP contribution in [0.25, 0.3) is 0 Å². The molecular formula is C24H21Cl2F3N4O3. The summed E-state index contributed by atoms with van der Waals surface area (Å²) in [5.74, 6) is -1.36. The summed E-state index contributed by atoms with van der Waals surface area (Å²) >= 11 is 12.1. The number of carbonyl (C=O) groups is 2. The minimum absolute atomic E-state index is 0.0733. The van der Waals surface area contributed by atoms with E-state index in [9.17, 15) is 22.8 Å². The van der Waals surface area contributed by atoms with Gasteiger partial charge in [-0.3, -0.25) is 4.79 Å². The van der Waals surface area contributed by atoms with Gasteiger partial charge >= 0.3 is 12.1 Å². The Morgan fingerprint density at radius 1 is 1.11 bits per heavy atom. The molecule has 0 saturated heterocycles. The molecule has 1 aromatic heterocycles. The standard InChI is InChI=1S/C24H21Cl2F3N4O3/c1-13(15-3-5-16(6-4-15)23(35)36-2)30-21(34)19-20(24(27,28)29)31-33-8-7-32(22(19)33)12-14-9-17(25)11-18(26)10-14/h3-6,9-11,13H,7-8,12H2,1-2H3,(H,30,34). The van der Waals surface area contributed by atoms with Crippen molar-refractivity contribution >= 4 is 40.9 Å². The Morgan fingerprint density at radius 2 is 1.75 bits per heavy atom. The molecule has 2 aromatic carbocycles. The molecule has 0 aliphatic carbocycles. The number of ether oxygens (including phenoxy) is 1. The van der Waals surface area contributed by atoms with E-state index in [0.717, 1.165) is 0 Å². The summed E-state index contributed by atoms with van der Waals surface area (Å²) in [6, 6.07) is 10.5. The van der Waals surface area contributed by atoms with Crippen LogP contribution >= 0.6 is 23.2 Å². The summed E-state index contributed by atoms with van der Waals surface area (Å²) in [6.45, 7) is 2.36. The maximum atomic E-state index is 13.9. The number of hydrogen-bond acceptors (Lipinski definition) is 5. The normalized spacial score (nSPS) is 13.9. The zero-order chi connectivity index (χ0) is 26.2. The van der Waals surface area contributed by atoms with E-state index in [1.165, 1.54) is 23.9 Å². The number of esters is 1. The molecule has 1 aliphatic rings. The van der Waals surface area contributed by atoms with Gasteiger partial charge in [-0.1, -0.05) is 35.3 Å². The molecule has 0 bridgehead atoms. The molecule has 1 atom stereocenters. The number of hydrogen-bond donors (Lipinski definition) is 1. The van der Waals surface area contributed by atoms with Crippen LogP contribution in [0.2, 0.25) is 10.0 Å². The SMILES string of the molecule is COC(=O)c1ccc(C(C)NC(=O)c2c(C(F)(F)F)nn3c2N(Cc2cc(Cl)cc(Cl)c2)CC3)cc1. The van der Waals surface area contributed by atoms with Crippen LogP contribution in [0.3, 0.4) is 0 Å². The number of fused-ring (bicyclic) bond motifs is 1. The largest absolute Gasteiger partial charge is 0.465 e. The Kier molecular flexibility index (Phi) is 7.19. The van der Waals surface area contributed by atoms with Crippen molar-refractivity contribution in [2.24, 2.45) is 0 Å². The Labute approximate surface area is 214 Å². The van der Waals surface area contributed by atoms with Gasteiger partial charge in [-0.15, -0.1) is 0 Å². The third-order valence-electron chi connectivity index (χ3n) is 5.78. The quantitative estimate of drug-likeness (QED) is 0.417. The fraction of sp³-hybridized carbons (Fsp3) is 0.292. The third-order valence-corrected chi connectivity index (χ3v) is 6.21. The molecule has 2 heterocycles. The lowest BCUT2D eigenvalue weighted by Gasteiger charge is -2.21. The molecule has 12 heteroatoms. The van der Waals surface area contributed by atoms with Crippen molar-refractivity contribution < 1.29 is 27.5 Å². The van der Waals surface area contributed by atoms with Crippen molar-refractivity contribution in [3.63, 3.8) is 0 Å². The van der Waals surface area contributed by atoms with Crippen LogP contribution in [0.4, 0.5) is 19.0 Å². The van der Waals surface area contributed by atoms with Gasteiger partial charge in [0.25, 0.3) is 5.91 Å². The summed E-state index contributed by atoms with van der Waals surface area (Å²) in [4.78, 5) is 26.5. The van der Waals surface area contributed by atoms with E-state index in [4.69, 9.17) is 23.2 Å². The number of nitrogens with zero attached hydrogens (tertiary/aromatic N) is 3. The Balaban J connectivity index is 1.64. The first-order chi connectivity index (χ1) is 17.0. The van der Waals surface area contributed by atoms with E-state index in [1.807, 2.05) is 0 Å². The molecule has 1 aliphatic heterocycles. The van der Waals surface area contributed by atoms with Gasteiger partial charge < -0.3 is 15.0 Å². The smallest absolute Gasteiger partial charge is 0.436 e. The third kappa shape index (κ3) is 5.29. The van der Waals surface area contributed by atoms with Gasteiger partial charge in [0.1, 0.15) is 11.4 Å². The average molecular weight is 541 g/mol. The molecule has 4 rings (SSSR count). The first-order valence-corrected chi connectivity index (χ1v) is 11.6. The fourth-order valence-corrected chi connectivity index (χ4v) is 4.68. The van der Waals surface area contributed by atoms with Gasteiger partial charge in [-0.2, -0.15) is 18.3 Å². The van der Waals surface area contributed by atoms with E-state index >= 15 is 0 Å². The number of methoxy groups -OCH3 is 1. The second kappa shape index (κ2) is 10.0. The summed E-state index contributed by atoms with van der Waals surface area (Å²) in [5.41, 5.74) is -0.214. The van der Waals surface area contributed by atoms with Crippen molar-refractivity contribution in [1.29, 1.82) is 0 Å². The topological polar surface area (TPSA) is 76.5 Å². The van der Waals surface area contributed by atoms with E-state index in [0.29, 0.717) is 33.3 Å². The number of halogens is 5. The molecule has 7 nitrogen and oxygen atoms in total. The zero-order valence-corrected chi connectivity index (χ0v) is 20.7. The van der Waals surface area contributed by atoms with Crippen molar-refractivity contribution in [2.45, 2.75) is 32.2 Å². The molecule has 36 heavy (non-hydrogen) atoms. The molecule has 0 saturated carbocycles. The van der Waals surface area contributed by atoms with E-state index in [2.05, 4.69) is 15.2 Å². The summed E-state index contributed by atoms with van der Waals surface area (Å²) < 4.78 is 47.5. The molecule has 190 valence electrons. The van der Waals surface area contributed by atoms with Gasteiger partial charge in [0.2, 0.25) is 0 Å². The van der Waals surface area contributed by atoms with Gasteiger partial charge in [-0.05, 0) is 48.4 Å². The summed E-state index contributed by atoms with van der Waals surface area (Å²) in [5, 5.41) is 7.13. The van der Waals surface area contributed by atoms with Crippen LogP contribution in [0.15, 0.2) is 42.5 Å². The van der Waals surface area contributed by atoms with Crippen molar-refractivity contribution in [3.05, 3.63) is 80.5 Å². The van der Waals surface area contributed by atoms with Crippen LogP contribution < -0.4 is 10.2 Å². The minimum Gasteiger partial charge on any atom is -0.465 e. The average Bonchev–Trinajstić information content (AvgIpc) is 3.38. The molecule has 0 spiro atoms. The summed E-state index contributed by atoms with van der Waals surface area (Å²) in [6.07, 6.45) is -4.83. The molecular weight excluding hydrogens is 520 g/mol. The van der Waals surface area contributed by atoms with Crippen LogP contribution in [-0.2, 0) is 24.0 Å². The maximum Gasteiger partial charge on any atom is 0.436 e. The monoisotopic (exact) mass is 540 g/mol. The molecule has 3 aromatic rings. The maximum absolute atomic E-state index is 13.9. The first-order valence-electron chi connectivity index (χ1n) is 10.8. The van der Waals surface area contributed by atoms with Gasteiger partial charge in [0.05, 0.1) is 25.3 Å². The molecule has 1 unspecified atom stereocenters. The number of rotatable bonds is 6. The molecule has 1 amide bonds. The lowest BCUT2D eigenvalue weighted by atomic mass is 10.1. The Morgan fingerprint density at radius 3 is 2.33 bits per heavy atom. The van der Waals surface area contributed by atoms with E-state index < -0.39 is 35.4 Å². The van der Waals surface area contributed by atoms with Crippen molar-refractivity contribution in [2.75, 3.05) is 18.6 Å². The zero-order valence-electron chi connectivity index (χ0n) is 19.2. The second-order valence-corrected chi connectivity index (χ2v) is 9.15. The van der Waals surface area contributed by atoms with Crippen LogP contribution in [0, 0.1) is 0 Å². The van der Waals surface area contributed by atoms with E-state index in [1.54, 1.807) is 42.2 Å².